The molecule has 8 N–H and O–H groups in total. The number of amides is 1. The highest BCUT2D eigenvalue weighted by atomic mass is 16.7. The molecule has 0 spiro atoms. The Bertz CT molecular complexity index is 1520. The predicted molar refractivity (Wildman–Crippen MR) is 344 cm³/mol. The van der Waals surface area contributed by atoms with Gasteiger partial charge >= 0.3 is 0 Å². The van der Waals surface area contributed by atoms with Gasteiger partial charge < -0.3 is 50.5 Å². The Hall–Kier alpha value is -2.19. The lowest BCUT2D eigenvalue weighted by molar-refractivity contribution is -0.303. The molecule has 11 heteroatoms. The largest absolute Gasteiger partial charge is 0.394 e. The van der Waals surface area contributed by atoms with Gasteiger partial charge in [0.15, 0.2) is 6.29 Å². The highest BCUT2D eigenvalue weighted by Gasteiger charge is 2.44. The summed E-state index contributed by atoms with van der Waals surface area (Å²) in [6.45, 7) is 3.47. The van der Waals surface area contributed by atoms with E-state index >= 15 is 0 Å². The van der Waals surface area contributed by atoms with Crippen molar-refractivity contribution in [1.82, 2.24) is 5.32 Å². The summed E-state index contributed by atoms with van der Waals surface area (Å²) in [5, 5.41) is 76.4. The van der Waals surface area contributed by atoms with Gasteiger partial charge in [-0.1, -0.05) is 280 Å². The van der Waals surface area contributed by atoms with Crippen LogP contribution in [0.3, 0.4) is 0 Å². The van der Waals surface area contributed by atoms with E-state index in [1.165, 1.54) is 205 Å². The van der Waals surface area contributed by atoms with E-state index in [2.05, 4.69) is 79.9 Å². The molecular formula is C71H131NO10. The van der Waals surface area contributed by atoms with Crippen molar-refractivity contribution in [1.29, 1.82) is 0 Å². The maximum Gasteiger partial charge on any atom is 0.249 e. The molecule has 0 bridgehead atoms. The van der Waals surface area contributed by atoms with E-state index in [0.717, 1.165) is 64.2 Å². The van der Waals surface area contributed by atoms with Crippen LogP contribution in [-0.2, 0) is 14.3 Å². The SMILES string of the molecule is CCCCCCCCCCC/C=C\C/C=C\CCCCCCCCCCC(O)C(=O)NC(COC1OC(CO)C(O)C(O)C1O)C(O)C(O)CCC/C=C/CC/C=C/CC/C=C/CCCCCCCCCCCCCCCCCCCC. The zero-order valence-corrected chi connectivity index (χ0v) is 53.0. The van der Waals surface area contributed by atoms with Gasteiger partial charge in [-0.2, -0.15) is 0 Å². The zero-order valence-electron chi connectivity index (χ0n) is 53.0. The van der Waals surface area contributed by atoms with Crippen molar-refractivity contribution >= 4 is 5.91 Å². The highest BCUT2D eigenvalue weighted by molar-refractivity contribution is 5.80. The summed E-state index contributed by atoms with van der Waals surface area (Å²) in [4.78, 5) is 13.2. The average Bonchev–Trinajstić information content (AvgIpc) is 3.48. The average molecular weight is 1160 g/mol. The number of aliphatic hydroxyl groups is 7. The molecule has 1 aliphatic rings. The lowest BCUT2D eigenvalue weighted by Crippen LogP contribution is -2.60. The van der Waals surface area contributed by atoms with Crippen LogP contribution in [0.2, 0.25) is 0 Å². The number of allylic oxidation sites excluding steroid dienone is 10. The number of ether oxygens (including phenoxy) is 2. The summed E-state index contributed by atoms with van der Waals surface area (Å²) in [6, 6.07) is -1.20. The molecule has 1 fully saturated rings. The molecule has 1 heterocycles. The molecular weight excluding hydrogens is 1030 g/mol. The fourth-order valence-electron chi connectivity index (χ4n) is 10.9. The van der Waals surface area contributed by atoms with Crippen LogP contribution in [0.4, 0.5) is 0 Å². The Kier molecular flexibility index (Phi) is 56.1. The minimum atomic E-state index is -1.68. The van der Waals surface area contributed by atoms with E-state index in [1.807, 2.05) is 0 Å². The molecule has 9 unspecified atom stereocenters. The molecule has 1 aliphatic heterocycles. The fourth-order valence-corrected chi connectivity index (χ4v) is 10.9. The Morgan fingerprint density at radius 3 is 1.16 bits per heavy atom. The predicted octanol–water partition coefficient (Wildman–Crippen LogP) is 16.5. The third-order valence-corrected chi connectivity index (χ3v) is 16.5. The maximum absolute atomic E-state index is 13.2. The van der Waals surface area contributed by atoms with Gasteiger partial charge in [-0.25, -0.2) is 0 Å². The van der Waals surface area contributed by atoms with Gasteiger partial charge in [-0.3, -0.25) is 4.79 Å². The molecule has 480 valence electrons. The standard InChI is InChI=1S/C71H131NO10/c1-3-5-7-9-11-13-15-17-19-21-23-25-27-29-30-31-32-33-34-35-37-38-40-42-44-46-48-50-52-54-56-58-63(74)66(76)62(61-81-71-69(79)68(78)67(77)65(60-73)82-71)72-70(80)64(75)59-57-55-53-51-49-47-45-43-41-39-36-28-26-24-22-20-18-16-14-12-10-8-6-4-2/h24,26,35-37,39,42,44,50,52,62-69,71,73-79H,3-23,25,27-34,38,40-41,43,45-49,51,53-61H2,1-2H3,(H,72,80)/b26-24-,37-35+,39-36-,44-42+,52-50+. The molecule has 11 nitrogen and oxygen atoms in total. The second-order valence-electron chi connectivity index (χ2n) is 24.2. The lowest BCUT2D eigenvalue weighted by Gasteiger charge is -2.40. The van der Waals surface area contributed by atoms with E-state index in [9.17, 15) is 40.5 Å². The van der Waals surface area contributed by atoms with Crippen LogP contribution in [0.1, 0.15) is 316 Å². The van der Waals surface area contributed by atoms with Crippen molar-refractivity contribution in [2.24, 2.45) is 0 Å². The Balaban J connectivity index is 2.26. The number of hydrogen-bond donors (Lipinski definition) is 8. The first-order valence-electron chi connectivity index (χ1n) is 34.7. The number of hydrogen-bond acceptors (Lipinski definition) is 10. The normalized spacial score (nSPS) is 19.5. The Morgan fingerprint density at radius 2 is 0.768 bits per heavy atom. The van der Waals surface area contributed by atoms with Crippen molar-refractivity contribution in [3.8, 4) is 0 Å². The van der Waals surface area contributed by atoms with Crippen LogP contribution >= 0.6 is 0 Å². The molecule has 1 rings (SSSR count). The first-order chi connectivity index (χ1) is 40.2. The first-order valence-corrected chi connectivity index (χ1v) is 34.7. The summed E-state index contributed by atoms with van der Waals surface area (Å²) in [5.41, 5.74) is 0. The van der Waals surface area contributed by atoms with Crippen LogP contribution in [0.25, 0.3) is 0 Å². The summed E-state index contributed by atoms with van der Waals surface area (Å²) < 4.78 is 11.2. The molecule has 0 radical (unpaired) electrons. The maximum atomic E-state index is 13.2. The van der Waals surface area contributed by atoms with Crippen molar-refractivity contribution in [3.05, 3.63) is 60.8 Å². The van der Waals surface area contributed by atoms with E-state index in [1.54, 1.807) is 0 Å². The van der Waals surface area contributed by atoms with Crippen LogP contribution < -0.4 is 5.32 Å². The number of aliphatic hydroxyl groups excluding tert-OH is 7. The zero-order chi connectivity index (χ0) is 59.6. The number of unbranched alkanes of at least 4 members (excludes halogenated alkanes) is 38. The second kappa shape index (κ2) is 59.2. The molecule has 0 saturated carbocycles. The second-order valence-corrected chi connectivity index (χ2v) is 24.2. The first kappa shape index (κ1) is 77.8. The summed E-state index contributed by atoms with van der Waals surface area (Å²) in [7, 11) is 0. The third kappa shape index (κ3) is 46.1. The molecule has 1 amide bonds. The fraction of sp³-hybridized carbons (Fsp3) is 0.845. The lowest BCUT2D eigenvalue weighted by atomic mass is 9.98. The molecule has 0 aromatic carbocycles. The number of nitrogens with one attached hydrogen (secondary N) is 1. The Labute approximate surface area is 503 Å². The number of carbonyl (C=O) groups is 1. The van der Waals surface area contributed by atoms with Gasteiger partial charge in [0.05, 0.1) is 25.4 Å². The van der Waals surface area contributed by atoms with Crippen LogP contribution in [-0.4, -0.2) is 110 Å². The summed E-state index contributed by atoms with van der Waals surface area (Å²) >= 11 is 0. The van der Waals surface area contributed by atoms with Gasteiger partial charge in [0.1, 0.15) is 36.6 Å². The quantitative estimate of drug-likeness (QED) is 0.0215. The molecule has 9 atom stereocenters. The monoisotopic (exact) mass is 1160 g/mol. The van der Waals surface area contributed by atoms with Gasteiger partial charge in [0, 0.05) is 0 Å². The highest BCUT2D eigenvalue weighted by Crippen LogP contribution is 2.24. The molecule has 0 aromatic heterocycles. The van der Waals surface area contributed by atoms with Crippen LogP contribution in [0.5, 0.6) is 0 Å². The third-order valence-electron chi connectivity index (χ3n) is 16.5. The van der Waals surface area contributed by atoms with Crippen LogP contribution in [0.15, 0.2) is 60.8 Å². The van der Waals surface area contributed by atoms with Crippen molar-refractivity contribution in [2.75, 3.05) is 13.2 Å². The van der Waals surface area contributed by atoms with E-state index < -0.39 is 74.2 Å². The molecule has 1 saturated heterocycles. The minimum Gasteiger partial charge on any atom is -0.394 e. The van der Waals surface area contributed by atoms with Crippen LogP contribution in [0, 0.1) is 0 Å². The summed E-state index contributed by atoms with van der Waals surface area (Å²) in [6.07, 6.45) is 67.3. The smallest absolute Gasteiger partial charge is 0.249 e. The van der Waals surface area contributed by atoms with E-state index in [0.29, 0.717) is 19.3 Å². The van der Waals surface area contributed by atoms with Gasteiger partial charge in [-0.05, 0) is 96.3 Å². The van der Waals surface area contributed by atoms with E-state index in [4.69, 9.17) is 9.47 Å². The molecule has 0 aromatic rings. The van der Waals surface area contributed by atoms with Gasteiger partial charge in [0.2, 0.25) is 5.91 Å². The molecule has 0 aliphatic carbocycles. The van der Waals surface area contributed by atoms with Crippen molar-refractivity contribution in [2.45, 2.75) is 371 Å². The van der Waals surface area contributed by atoms with Crippen molar-refractivity contribution in [3.63, 3.8) is 0 Å². The summed E-state index contributed by atoms with van der Waals surface area (Å²) in [5.74, 6) is -0.715. The number of carbonyl (C=O) groups excluding carboxylic acids is 1. The van der Waals surface area contributed by atoms with Gasteiger partial charge in [-0.15, -0.1) is 0 Å². The topological polar surface area (TPSA) is 189 Å². The minimum absolute atomic E-state index is 0.238. The van der Waals surface area contributed by atoms with Crippen molar-refractivity contribution < 1.29 is 50.0 Å². The van der Waals surface area contributed by atoms with E-state index in [-0.39, 0.29) is 12.8 Å². The molecule has 82 heavy (non-hydrogen) atoms. The Morgan fingerprint density at radius 1 is 0.427 bits per heavy atom. The number of rotatable bonds is 60. The van der Waals surface area contributed by atoms with Gasteiger partial charge in [0.25, 0.3) is 0 Å².